The Hall–Kier alpha value is -1.47. The van der Waals surface area contributed by atoms with Crippen LogP contribution in [0.3, 0.4) is 0 Å². The number of allylic oxidation sites excluding steroid dienone is 4. The number of phosphoric acid groups is 1. The van der Waals surface area contributed by atoms with Crippen LogP contribution in [0.25, 0.3) is 0 Å². The summed E-state index contributed by atoms with van der Waals surface area (Å²) in [6, 6.07) is 0. The second-order valence-electron chi connectivity index (χ2n) is 12.7. The summed E-state index contributed by atoms with van der Waals surface area (Å²) in [5, 5.41) is 0. The Balaban J connectivity index is 4.55. The van der Waals surface area contributed by atoms with Crippen molar-refractivity contribution in [1.29, 1.82) is 0 Å². The predicted molar refractivity (Wildman–Crippen MR) is 198 cm³/mol. The fourth-order valence-corrected chi connectivity index (χ4v) is 5.77. The van der Waals surface area contributed by atoms with Crippen molar-refractivity contribution in [2.75, 3.05) is 19.8 Å². The van der Waals surface area contributed by atoms with Gasteiger partial charge < -0.3 is 14.4 Å². The second kappa shape index (κ2) is 35.4. The summed E-state index contributed by atoms with van der Waals surface area (Å²) in [5.41, 5.74) is 0. The Morgan fingerprint density at radius 1 is 0.646 bits per heavy atom. The van der Waals surface area contributed by atoms with Crippen LogP contribution in [0.15, 0.2) is 24.3 Å². The molecule has 0 aliphatic carbocycles. The van der Waals surface area contributed by atoms with Gasteiger partial charge in [-0.05, 0) is 51.8 Å². The Kier molecular flexibility index (Phi) is 27.8. The number of carbonyl (C=O) groups excluding carboxylic acids is 2. The fourth-order valence-electron chi connectivity index (χ4n) is 5.25. The van der Waals surface area contributed by atoms with Crippen molar-refractivity contribution in [2.24, 2.45) is 0 Å². The van der Waals surface area contributed by atoms with Gasteiger partial charge in [0.25, 0.3) is 0 Å². The highest BCUT2D eigenvalue weighted by Crippen LogP contribution is 2.43. The van der Waals surface area contributed by atoms with Crippen LogP contribution in [0.2, 0.25) is 0 Å². The van der Waals surface area contributed by atoms with E-state index in [0.29, 0.717) is 12.8 Å². The minimum absolute atomic E-state index is 0.0861. The predicted octanol–water partition coefficient (Wildman–Crippen LogP) is 11.9. The molecule has 1 N–H and O–H groups in total. The molecule has 0 saturated carbocycles. The lowest BCUT2D eigenvalue weighted by Crippen LogP contribution is -2.29. The summed E-state index contributed by atoms with van der Waals surface area (Å²) in [7, 11) is -5.23. The van der Waals surface area contributed by atoms with Crippen LogP contribution >= 0.6 is 7.82 Å². The molecule has 0 amide bonds. The first-order valence-electron chi connectivity index (χ1n) is 21.6. The average Bonchev–Trinajstić information content (AvgIpc) is 3.08. The van der Waals surface area contributed by atoms with E-state index in [2.05, 4.69) is 42.7 Å². The maximum absolute atomic E-state index is 12.6. The van der Waals surface area contributed by atoms with Crippen molar-refractivity contribution >= 4 is 19.8 Å². The van der Waals surface area contributed by atoms with Gasteiger partial charge in [-0.25, -0.2) is 4.57 Å². The van der Waals surface area contributed by atoms with E-state index in [-0.39, 0.29) is 12.8 Å². The lowest BCUT2D eigenvalue weighted by atomic mass is 10.0. The van der Waals surface area contributed by atoms with Gasteiger partial charge in [-0.3, -0.25) is 18.6 Å². The van der Waals surface area contributed by atoms with Gasteiger partial charge in [0.05, 0.1) is 15.9 Å². The minimum atomic E-state index is -5.23. The van der Waals surface area contributed by atoms with Crippen LogP contribution in [-0.2, 0) is 32.7 Å². The van der Waals surface area contributed by atoms with Crippen molar-refractivity contribution in [1.82, 2.24) is 0 Å². The van der Waals surface area contributed by atoms with Crippen molar-refractivity contribution in [2.45, 2.75) is 194 Å². The van der Waals surface area contributed by atoms with Crippen LogP contribution < -0.4 is 0 Å². The van der Waals surface area contributed by atoms with Gasteiger partial charge in [-0.1, -0.05) is 147 Å². The molecule has 0 fully saturated rings. The molecule has 1 unspecified atom stereocenters. The SMILES string of the molecule is [2H]C([2H])([2H])C([2H])([2H])OP(=O)(O)OC[C@@H](COC(=O)CCCCCCCCCCCCCCC)OC(=O)CCCCCCC/C=C\C/C=C\CCCCC. The Morgan fingerprint density at radius 3 is 1.65 bits per heavy atom. The number of hydrogen-bond donors (Lipinski definition) is 1. The molecule has 0 radical (unpaired) electrons. The molecule has 0 bridgehead atoms. The molecule has 9 heteroatoms. The third-order valence-corrected chi connectivity index (χ3v) is 8.93. The lowest BCUT2D eigenvalue weighted by molar-refractivity contribution is -0.161. The molecule has 0 heterocycles. The first-order valence-corrected chi connectivity index (χ1v) is 20.6. The molecule has 0 aliphatic rings. The summed E-state index contributed by atoms with van der Waals surface area (Å²) < 4.78 is 68.5. The van der Waals surface area contributed by atoms with Gasteiger partial charge in [0.2, 0.25) is 0 Å². The summed E-state index contributed by atoms with van der Waals surface area (Å²) in [6.45, 7) is -3.61. The van der Waals surface area contributed by atoms with Crippen LogP contribution in [-0.4, -0.2) is 42.7 Å². The van der Waals surface area contributed by atoms with Gasteiger partial charge in [-0.15, -0.1) is 0 Å². The third kappa shape index (κ3) is 34.4. The van der Waals surface area contributed by atoms with Crippen molar-refractivity contribution in [3.8, 4) is 0 Å². The molecule has 8 nitrogen and oxygen atoms in total. The topological polar surface area (TPSA) is 108 Å². The van der Waals surface area contributed by atoms with Crippen molar-refractivity contribution < 1.29 is 44.4 Å². The van der Waals surface area contributed by atoms with Crippen molar-refractivity contribution in [3.63, 3.8) is 0 Å². The molecule has 0 rings (SSSR count). The third-order valence-electron chi connectivity index (χ3n) is 8.13. The van der Waals surface area contributed by atoms with E-state index in [9.17, 15) is 19.0 Å². The summed E-state index contributed by atoms with van der Waals surface area (Å²) in [6.07, 6.45) is 34.4. The highest BCUT2D eigenvalue weighted by molar-refractivity contribution is 7.47. The zero-order valence-electron chi connectivity index (χ0n) is 35.4. The lowest BCUT2D eigenvalue weighted by Gasteiger charge is -2.19. The largest absolute Gasteiger partial charge is 0.472 e. The highest BCUT2D eigenvalue weighted by atomic mass is 31.2. The van der Waals surface area contributed by atoms with Gasteiger partial charge in [0.1, 0.15) is 6.61 Å². The van der Waals surface area contributed by atoms with E-state index in [1.165, 1.54) is 77.0 Å². The van der Waals surface area contributed by atoms with Crippen LogP contribution in [0.5, 0.6) is 0 Å². The van der Waals surface area contributed by atoms with Crippen LogP contribution in [0, 0.1) is 0 Å². The molecular formula is C39H73O8P. The van der Waals surface area contributed by atoms with E-state index in [0.717, 1.165) is 64.2 Å². The average molecular weight is 706 g/mol. The van der Waals surface area contributed by atoms with E-state index < -0.39 is 52.5 Å². The zero-order chi connectivity index (χ0) is 39.7. The number of carbonyl (C=O) groups is 2. The monoisotopic (exact) mass is 706 g/mol. The first-order chi connectivity index (χ1) is 25.2. The summed E-state index contributed by atoms with van der Waals surface area (Å²) in [5.74, 6) is -1.12. The number of rotatable bonds is 36. The smallest absolute Gasteiger partial charge is 0.462 e. The molecule has 0 aliphatic heterocycles. The van der Waals surface area contributed by atoms with Gasteiger partial charge >= 0.3 is 19.8 Å². The van der Waals surface area contributed by atoms with E-state index >= 15 is 0 Å². The van der Waals surface area contributed by atoms with Crippen LogP contribution in [0.1, 0.15) is 194 Å². The van der Waals surface area contributed by atoms with E-state index in [4.69, 9.17) is 20.9 Å². The van der Waals surface area contributed by atoms with Gasteiger partial charge in [0, 0.05) is 17.0 Å². The quantitative estimate of drug-likeness (QED) is 0.0297. The maximum atomic E-state index is 12.6. The first kappa shape index (κ1) is 37.8. The summed E-state index contributed by atoms with van der Waals surface area (Å²) in [4.78, 5) is 35.0. The minimum Gasteiger partial charge on any atom is -0.462 e. The Labute approximate surface area is 301 Å². The summed E-state index contributed by atoms with van der Waals surface area (Å²) >= 11 is 0. The number of ether oxygens (including phenoxy) is 2. The number of esters is 2. The molecule has 48 heavy (non-hydrogen) atoms. The second-order valence-corrected chi connectivity index (χ2v) is 14.1. The number of phosphoric ester groups is 1. The Morgan fingerprint density at radius 2 is 1.10 bits per heavy atom. The molecular weight excluding hydrogens is 627 g/mol. The van der Waals surface area contributed by atoms with Crippen LogP contribution in [0.4, 0.5) is 0 Å². The molecule has 0 aromatic rings. The number of unbranched alkanes of at least 4 members (excludes halogenated alkanes) is 20. The van der Waals surface area contributed by atoms with E-state index in [1.54, 1.807) is 0 Å². The maximum Gasteiger partial charge on any atom is 0.472 e. The Bertz CT molecular complexity index is 1020. The zero-order valence-corrected chi connectivity index (χ0v) is 31.3. The molecule has 0 saturated heterocycles. The van der Waals surface area contributed by atoms with Gasteiger partial charge in [0.15, 0.2) is 6.10 Å². The molecule has 0 aromatic heterocycles. The van der Waals surface area contributed by atoms with Crippen molar-refractivity contribution in [3.05, 3.63) is 24.3 Å². The number of hydrogen-bond acceptors (Lipinski definition) is 7. The normalized spacial score (nSPS) is 15.8. The molecule has 0 aromatic carbocycles. The molecule has 0 spiro atoms. The molecule has 2 atom stereocenters. The fraction of sp³-hybridized carbons (Fsp3) is 0.846. The highest BCUT2D eigenvalue weighted by Gasteiger charge is 2.25. The van der Waals surface area contributed by atoms with E-state index in [1.807, 2.05) is 0 Å². The standard InChI is InChI=1S/C39H73O8P/c1-4-7-9-11-13-15-17-19-20-22-24-26-28-30-32-34-39(41)47-37(36-46-48(42,43)45-6-3)35-44-38(40)33-31-29-27-25-23-21-18-16-14-12-10-8-5-2/h13,15,19-20,37H,4-12,14,16-18,21-36H2,1-3H3,(H,42,43)/b15-13-,20-19-/t37-/m1/s1/i3D3,6D2. The van der Waals surface area contributed by atoms with Gasteiger partial charge in [-0.2, -0.15) is 0 Å². The molecule has 282 valence electrons.